The first-order valence-corrected chi connectivity index (χ1v) is 12.9. The highest BCUT2D eigenvalue weighted by molar-refractivity contribution is 5.97. The molecule has 5 heterocycles. The zero-order chi connectivity index (χ0) is 25.0. The molecule has 1 spiro atoms. The van der Waals surface area contributed by atoms with Gasteiger partial charge in [0, 0.05) is 18.0 Å². The molecule has 2 N–H and O–H groups in total. The third-order valence-electron chi connectivity index (χ3n) is 8.06. The van der Waals surface area contributed by atoms with E-state index in [1.54, 1.807) is 15.1 Å². The number of aromatic nitrogens is 4. The fourth-order valence-electron chi connectivity index (χ4n) is 6.21. The molecule has 1 saturated carbocycles. The van der Waals surface area contributed by atoms with Gasteiger partial charge in [0.2, 0.25) is 0 Å². The van der Waals surface area contributed by atoms with Crippen LogP contribution in [0.3, 0.4) is 0 Å². The van der Waals surface area contributed by atoms with Crippen LogP contribution in [0.5, 0.6) is 5.75 Å². The maximum absolute atomic E-state index is 13.8. The monoisotopic (exact) mass is 491 g/mol. The van der Waals surface area contributed by atoms with E-state index in [0.717, 1.165) is 74.0 Å². The summed E-state index contributed by atoms with van der Waals surface area (Å²) in [4.78, 5) is 33.4. The number of hydrogen-bond acceptors (Lipinski definition) is 7. The van der Waals surface area contributed by atoms with Gasteiger partial charge in [-0.2, -0.15) is 5.10 Å². The molecule has 1 unspecified atom stereocenters. The number of likely N-dealkylation sites (tertiary alicyclic amines) is 1. The van der Waals surface area contributed by atoms with Gasteiger partial charge in [-0.15, -0.1) is 0 Å². The number of rotatable bonds is 5. The molecule has 10 nitrogen and oxygen atoms in total. The Morgan fingerprint density at radius 3 is 2.78 bits per heavy atom. The number of carbonyl (C=O) groups excluding carboxylic acids is 1. The van der Waals surface area contributed by atoms with Gasteiger partial charge in [0.05, 0.1) is 12.8 Å². The topological polar surface area (TPSA) is 106 Å². The lowest BCUT2D eigenvalue weighted by molar-refractivity contribution is 0.0876. The van der Waals surface area contributed by atoms with Crippen molar-refractivity contribution in [2.45, 2.75) is 58.0 Å². The zero-order valence-corrected chi connectivity index (χ0v) is 21.1. The molecule has 2 aliphatic heterocycles. The third-order valence-corrected chi connectivity index (χ3v) is 8.06. The zero-order valence-electron chi connectivity index (χ0n) is 21.1. The number of fused-ring (bicyclic) bond motifs is 3. The van der Waals surface area contributed by atoms with Crippen molar-refractivity contribution in [3.63, 3.8) is 0 Å². The molecule has 1 amide bonds. The molecule has 0 radical (unpaired) electrons. The number of nitrogens with zero attached hydrogens (tertiary/aromatic N) is 5. The summed E-state index contributed by atoms with van der Waals surface area (Å²) in [6, 6.07) is 1.75. The summed E-state index contributed by atoms with van der Waals surface area (Å²) in [5.74, 6) is 1.65. The van der Waals surface area contributed by atoms with E-state index in [9.17, 15) is 9.59 Å². The normalized spacial score (nSPS) is 21.2. The van der Waals surface area contributed by atoms with Crippen LogP contribution < -0.4 is 20.9 Å². The molecule has 1 atom stereocenters. The van der Waals surface area contributed by atoms with Crippen LogP contribution in [0, 0.1) is 19.8 Å². The highest BCUT2D eigenvalue weighted by Gasteiger charge is 2.45. The van der Waals surface area contributed by atoms with E-state index in [2.05, 4.69) is 32.7 Å². The van der Waals surface area contributed by atoms with Gasteiger partial charge in [0.25, 0.3) is 11.5 Å². The van der Waals surface area contributed by atoms with E-state index in [-0.39, 0.29) is 11.5 Å². The average molecular weight is 492 g/mol. The first kappa shape index (κ1) is 23.0. The minimum Gasteiger partial charge on any atom is -0.491 e. The average Bonchev–Trinajstić information content (AvgIpc) is 3.50. The third kappa shape index (κ3) is 3.66. The Hall–Kier alpha value is -3.40. The highest BCUT2D eigenvalue weighted by Crippen LogP contribution is 2.38. The van der Waals surface area contributed by atoms with E-state index in [1.807, 2.05) is 20.0 Å². The summed E-state index contributed by atoms with van der Waals surface area (Å²) in [5.41, 5.74) is 2.47. The van der Waals surface area contributed by atoms with Crippen molar-refractivity contribution < 1.29 is 9.53 Å². The molecule has 190 valence electrons. The van der Waals surface area contributed by atoms with Crippen LogP contribution in [0.15, 0.2) is 23.4 Å². The fourth-order valence-corrected chi connectivity index (χ4v) is 6.21. The molecule has 3 aliphatic rings. The standard InChI is InChI=1S/C26H33N7O3/c1-16-11-19(25(35)33-21(16)24(34)30-26(33)8-5-4-6-9-26)29-23-22-17(2)20(13-32(22)28-15-27-23)36-14-18-7-10-31(3)12-18/h11,13,15,18H,4-10,12,14H2,1-3H3,(H,30,34)(H,27,28,29). The van der Waals surface area contributed by atoms with Crippen molar-refractivity contribution in [3.8, 4) is 5.75 Å². The molecule has 2 fully saturated rings. The Labute approximate surface area is 209 Å². The molecule has 1 aliphatic carbocycles. The van der Waals surface area contributed by atoms with Gasteiger partial charge in [0.1, 0.15) is 34.6 Å². The predicted molar refractivity (Wildman–Crippen MR) is 136 cm³/mol. The molecule has 3 aromatic rings. The minimum atomic E-state index is -0.633. The van der Waals surface area contributed by atoms with Crippen LogP contribution in [0.4, 0.5) is 11.5 Å². The lowest BCUT2D eigenvalue weighted by atomic mass is 9.89. The largest absolute Gasteiger partial charge is 0.491 e. The van der Waals surface area contributed by atoms with Crippen LogP contribution >= 0.6 is 0 Å². The van der Waals surface area contributed by atoms with Crippen molar-refractivity contribution >= 4 is 22.9 Å². The van der Waals surface area contributed by atoms with Gasteiger partial charge in [-0.05, 0) is 71.2 Å². The number of pyridine rings is 1. The second-order valence-corrected chi connectivity index (χ2v) is 10.6. The van der Waals surface area contributed by atoms with Crippen LogP contribution in [0.2, 0.25) is 0 Å². The predicted octanol–water partition coefficient (Wildman–Crippen LogP) is 2.94. The maximum Gasteiger partial charge on any atom is 0.276 e. The minimum absolute atomic E-state index is 0.167. The molecule has 36 heavy (non-hydrogen) atoms. The molecular formula is C26H33N7O3. The summed E-state index contributed by atoms with van der Waals surface area (Å²) >= 11 is 0. The first-order chi connectivity index (χ1) is 17.4. The lowest BCUT2D eigenvalue weighted by Crippen LogP contribution is -2.48. The van der Waals surface area contributed by atoms with Gasteiger partial charge in [-0.1, -0.05) is 6.42 Å². The number of anilines is 2. The summed E-state index contributed by atoms with van der Waals surface area (Å²) in [6.45, 7) is 6.66. The second kappa shape index (κ2) is 8.62. The number of hydrogen-bond donors (Lipinski definition) is 2. The smallest absolute Gasteiger partial charge is 0.276 e. The Bertz CT molecular complexity index is 1400. The van der Waals surface area contributed by atoms with Crippen molar-refractivity contribution in [3.05, 3.63) is 45.8 Å². The number of nitrogens with one attached hydrogen (secondary N) is 2. The summed E-state index contributed by atoms with van der Waals surface area (Å²) in [6.07, 6.45) is 9.09. The molecule has 1 saturated heterocycles. The van der Waals surface area contributed by atoms with Crippen LogP contribution in [0.1, 0.15) is 60.1 Å². The van der Waals surface area contributed by atoms with E-state index >= 15 is 0 Å². The lowest BCUT2D eigenvalue weighted by Gasteiger charge is -2.35. The molecule has 3 aromatic heterocycles. The Kier molecular flexibility index (Phi) is 5.51. The fraction of sp³-hybridized carbons (Fsp3) is 0.538. The van der Waals surface area contributed by atoms with Crippen molar-refractivity contribution in [2.75, 3.05) is 32.1 Å². The Morgan fingerprint density at radius 1 is 1.22 bits per heavy atom. The first-order valence-electron chi connectivity index (χ1n) is 12.9. The van der Waals surface area contributed by atoms with Gasteiger partial charge in [0.15, 0.2) is 5.82 Å². The summed E-state index contributed by atoms with van der Waals surface area (Å²) < 4.78 is 9.63. The van der Waals surface area contributed by atoms with Gasteiger partial charge >= 0.3 is 0 Å². The van der Waals surface area contributed by atoms with E-state index in [0.29, 0.717) is 29.7 Å². The Balaban J connectivity index is 1.35. The SMILES string of the molecule is Cc1cc(Nc2ncnn3cc(OCC4CCN(C)C4)c(C)c23)c(=O)n2c1C(=O)NC21CCCCC1. The van der Waals surface area contributed by atoms with Crippen molar-refractivity contribution in [2.24, 2.45) is 5.92 Å². The molecular weight excluding hydrogens is 458 g/mol. The van der Waals surface area contributed by atoms with Gasteiger partial charge in [-0.25, -0.2) is 9.50 Å². The van der Waals surface area contributed by atoms with Crippen LogP contribution in [-0.2, 0) is 5.66 Å². The molecule has 6 rings (SSSR count). The maximum atomic E-state index is 13.8. The van der Waals surface area contributed by atoms with E-state index in [4.69, 9.17) is 4.74 Å². The summed E-state index contributed by atoms with van der Waals surface area (Å²) in [5, 5.41) is 10.8. The summed E-state index contributed by atoms with van der Waals surface area (Å²) in [7, 11) is 2.14. The van der Waals surface area contributed by atoms with Crippen molar-refractivity contribution in [1.29, 1.82) is 0 Å². The quantitative estimate of drug-likeness (QED) is 0.565. The van der Waals surface area contributed by atoms with Gasteiger partial charge < -0.3 is 20.3 Å². The number of carbonyl (C=O) groups is 1. The number of ether oxygens (including phenoxy) is 1. The van der Waals surface area contributed by atoms with Gasteiger partial charge in [-0.3, -0.25) is 14.2 Å². The second-order valence-electron chi connectivity index (χ2n) is 10.6. The molecule has 0 bridgehead atoms. The molecule has 10 heteroatoms. The van der Waals surface area contributed by atoms with Crippen LogP contribution in [0.25, 0.3) is 5.52 Å². The van der Waals surface area contributed by atoms with Crippen LogP contribution in [-0.4, -0.2) is 56.7 Å². The highest BCUT2D eigenvalue weighted by atomic mass is 16.5. The molecule has 0 aromatic carbocycles. The Morgan fingerprint density at radius 2 is 2.03 bits per heavy atom. The number of aryl methyl sites for hydroxylation is 2. The number of amides is 1. The van der Waals surface area contributed by atoms with Crippen molar-refractivity contribution in [1.82, 2.24) is 29.4 Å². The van der Waals surface area contributed by atoms with E-state index in [1.165, 1.54) is 6.33 Å². The van der Waals surface area contributed by atoms with E-state index < -0.39 is 5.66 Å².